The molecule has 0 bridgehead atoms. The summed E-state index contributed by atoms with van der Waals surface area (Å²) < 4.78 is 0. The van der Waals surface area contributed by atoms with Crippen LogP contribution in [0.5, 0.6) is 0 Å². The monoisotopic (exact) mass is 268 g/mol. The number of aromatic amines is 2. The van der Waals surface area contributed by atoms with E-state index in [2.05, 4.69) is 22.1 Å². The molecule has 2 rings (SSSR count). The Balaban J connectivity index is 0.000000200. The van der Waals surface area contributed by atoms with Gasteiger partial charge in [0.1, 0.15) is 0 Å². The highest BCUT2D eigenvalue weighted by molar-refractivity contribution is 5.14. The lowest BCUT2D eigenvalue weighted by molar-refractivity contribution is 0.764. The zero-order valence-corrected chi connectivity index (χ0v) is 11.9. The molecule has 2 atom stereocenters. The highest BCUT2D eigenvalue weighted by Gasteiger charge is 2.03. The van der Waals surface area contributed by atoms with Gasteiger partial charge in [0.15, 0.2) is 0 Å². The highest BCUT2D eigenvalue weighted by atomic mass is 14.7. The molecule has 2 heterocycles. The predicted octanol–water partition coefficient (Wildman–Crippen LogP) is 4.06. The number of hydrogen-bond acceptors (Lipinski definition) is 2. The number of aromatic nitrogens is 2. The molecule has 0 amide bonds. The summed E-state index contributed by atoms with van der Waals surface area (Å²) in [5.41, 5.74) is 2.35. The van der Waals surface area contributed by atoms with Gasteiger partial charge in [0.05, 0.1) is 12.1 Å². The number of rotatable bonds is 4. The van der Waals surface area contributed by atoms with Crippen molar-refractivity contribution in [2.24, 2.45) is 0 Å². The lowest BCUT2D eigenvalue weighted by Crippen LogP contribution is -1.90. The summed E-state index contributed by atoms with van der Waals surface area (Å²) >= 11 is 0. The molecule has 0 aliphatic rings. The second-order valence-corrected chi connectivity index (χ2v) is 4.80. The molecule has 0 aromatic carbocycles. The van der Waals surface area contributed by atoms with Crippen molar-refractivity contribution < 1.29 is 0 Å². The fourth-order valence-electron chi connectivity index (χ4n) is 1.80. The van der Waals surface area contributed by atoms with E-state index in [0.29, 0.717) is 24.7 Å². The Labute approximate surface area is 120 Å². The van der Waals surface area contributed by atoms with E-state index in [4.69, 9.17) is 10.5 Å². The zero-order valence-electron chi connectivity index (χ0n) is 11.9. The van der Waals surface area contributed by atoms with Crippen molar-refractivity contribution >= 4 is 0 Å². The van der Waals surface area contributed by atoms with Gasteiger partial charge in [-0.15, -0.1) is 0 Å². The van der Waals surface area contributed by atoms with Gasteiger partial charge in [-0.2, -0.15) is 10.5 Å². The molecule has 4 heteroatoms. The molecule has 2 aromatic heterocycles. The molecule has 104 valence electrons. The van der Waals surface area contributed by atoms with E-state index in [1.54, 1.807) is 0 Å². The maximum absolute atomic E-state index is 8.38. The molecule has 0 radical (unpaired) electrons. The van der Waals surface area contributed by atoms with Crippen LogP contribution in [0.25, 0.3) is 0 Å². The smallest absolute Gasteiger partial charge is 0.0628 e. The minimum atomic E-state index is 0.333. The highest BCUT2D eigenvalue weighted by Crippen LogP contribution is 2.16. The SMILES string of the molecule is CC(CC#N)c1cc[nH]c1.CC(CC#N)c1ccc[nH]1. The van der Waals surface area contributed by atoms with Crippen LogP contribution in [-0.2, 0) is 0 Å². The molecule has 4 nitrogen and oxygen atoms in total. The molecular formula is C16H20N4. The largest absolute Gasteiger partial charge is 0.367 e. The Morgan fingerprint density at radius 2 is 1.75 bits per heavy atom. The minimum Gasteiger partial charge on any atom is -0.367 e. The summed E-state index contributed by atoms with van der Waals surface area (Å²) in [6.07, 6.45) is 6.87. The summed E-state index contributed by atoms with van der Waals surface area (Å²) in [6, 6.07) is 10.2. The summed E-state index contributed by atoms with van der Waals surface area (Å²) in [5.74, 6) is 0.691. The summed E-state index contributed by atoms with van der Waals surface area (Å²) in [4.78, 5) is 6.03. The van der Waals surface area contributed by atoms with E-state index in [1.807, 2.05) is 50.6 Å². The van der Waals surface area contributed by atoms with E-state index in [9.17, 15) is 0 Å². The molecular weight excluding hydrogens is 248 g/mol. The second-order valence-electron chi connectivity index (χ2n) is 4.80. The Kier molecular flexibility index (Phi) is 6.71. The first-order chi connectivity index (χ1) is 9.69. The third-order valence-electron chi connectivity index (χ3n) is 3.14. The van der Waals surface area contributed by atoms with Gasteiger partial charge in [-0.25, -0.2) is 0 Å². The van der Waals surface area contributed by atoms with Gasteiger partial charge >= 0.3 is 0 Å². The van der Waals surface area contributed by atoms with Crippen LogP contribution in [0.15, 0.2) is 36.8 Å². The number of nitrogens with zero attached hydrogens (tertiary/aromatic N) is 2. The Bertz CT molecular complexity index is 488. The molecule has 20 heavy (non-hydrogen) atoms. The first-order valence-electron chi connectivity index (χ1n) is 6.68. The Morgan fingerprint density at radius 1 is 1.05 bits per heavy atom. The molecule has 0 saturated carbocycles. The molecule has 0 fully saturated rings. The van der Waals surface area contributed by atoms with Gasteiger partial charge in [-0.05, 0) is 29.7 Å². The second kappa shape index (κ2) is 8.61. The van der Waals surface area contributed by atoms with Gasteiger partial charge in [0.25, 0.3) is 0 Å². The van der Waals surface area contributed by atoms with Crippen molar-refractivity contribution in [1.82, 2.24) is 9.97 Å². The van der Waals surface area contributed by atoms with Crippen LogP contribution in [0.3, 0.4) is 0 Å². The fraction of sp³-hybridized carbons (Fsp3) is 0.375. The molecule has 0 spiro atoms. The van der Waals surface area contributed by atoms with E-state index in [0.717, 1.165) is 5.69 Å². The van der Waals surface area contributed by atoms with E-state index in [1.165, 1.54) is 5.56 Å². The maximum atomic E-state index is 8.38. The van der Waals surface area contributed by atoms with Gasteiger partial charge < -0.3 is 9.97 Å². The van der Waals surface area contributed by atoms with Gasteiger partial charge in [0, 0.05) is 43.0 Å². The first-order valence-corrected chi connectivity index (χ1v) is 6.68. The third-order valence-corrected chi connectivity index (χ3v) is 3.14. The molecule has 2 N–H and O–H groups in total. The fourth-order valence-corrected chi connectivity index (χ4v) is 1.80. The summed E-state index contributed by atoms with van der Waals surface area (Å²) in [6.45, 7) is 4.08. The summed E-state index contributed by atoms with van der Waals surface area (Å²) in [5, 5.41) is 16.7. The van der Waals surface area contributed by atoms with Crippen molar-refractivity contribution in [2.45, 2.75) is 38.5 Å². The quantitative estimate of drug-likeness (QED) is 0.876. The standard InChI is InChI=1S/2C8H10N2/c1-7(2-4-9)8-3-5-10-6-8;1-7(4-5-9)8-3-2-6-10-8/h3,5-7,10H,2H2,1H3;2-3,6-7,10H,4H2,1H3. The van der Waals surface area contributed by atoms with Crippen LogP contribution in [0.2, 0.25) is 0 Å². The molecule has 0 aliphatic carbocycles. The number of H-pyrrole nitrogens is 2. The first kappa shape index (κ1) is 15.6. The van der Waals surface area contributed by atoms with Crippen molar-refractivity contribution in [1.29, 1.82) is 10.5 Å². The Morgan fingerprint density at radius 3 is 2.25 bits per heavy atom. The zero-order chi connectivity index (χ0) is 14.8. The molecule has 2 aromatic rings. The Hall–Kier alpha value is -2.46. The van der Waals surface area contributed by atoms with E-state index >= 15 is 0 Å². The van der Waals surface area contributed by atoms with Crippen LogP contribution in [0, 0.1) is 22.7 Å². The number of nitrogens with one attached hydrogen (secondary N) is 2. The lowest BCUT2D eigenvalue weighted by atomic mass is 10.0. The average molecular weight is 268 g/mol. The van der Waals surface area contributed by atoms with Crippen molar-refractivity contribution in [3.8, 4) is 12.1 Å². The van der Waals surface area contributed by atoms with Crippen LogP contribution in [0.4, 0.5) is 0 Å². The maximum Gasteiger partial charge on any atom is 0.0628 e. The van der Waals surface area contributed by atoms with Crippen molar-refractivity contribution in [2.75, 3.05) is 0 Å². The van der Waals surface area contributed by atoms with E-state index < -0.39 is 0 Å². The average Bonchev–Trinajstić information content (AvgIpc) is 3.14. The normalized spacial score (nSPS) is 12.4. The third kappa shape index (κ3) is 5.04. The van der Waals surface area contributed by atoms with Gasteiger partial charge in [-0.1, -0.05) is 13.8 Å². The van der Waals surface area contributed by atoms with Crippen molar-refractivity contribution in [3.05, 3.63) is 48.0 Å². The summed E-state index contributed by atoms with van der Waals surface area (Å²) in [7, 11) is 0. The van der Waals surface area contributed by atoms with Crippen LogP contribution in [-0.4, -0.2) is 9.97 Å². The number of nitriles is 2. The molecule has 0 saturated heterocycles. The van der Waals surface area contributed by atoms with Crippen LogP contribution in [0.1, 0.15) is 49.8 Å². The minimum absolute atomic E-state index is 0.333. The molecule has 0 aliphatic heterocycles. The van der Waals surface area contributed by atoms with Crippen LogP contribution >= 0.6 is 0 Å². The van der Waals surface area contributed by atoms with E-state index in [-0.39, 0.29) is 0 Å². The van der Waals surface area contributed by atoms with Gasteiger partial charge in [0.2, 0.25) is 0 Å². The van der Waals surface area contributed by atoms with Crippen LogP contribution < -0.4 is 0 Å². The van der Waals surface area contributed by atoms with Crippen molar-refractivity contribution in [3.63, 3.8) is 0 Å². The lowest BCUT2D eigenvalue weighted by Gasteiger charge is -2.01. The topological polar surface area (TPSA) is 79.2 Å². The molecule has 2 unspecified atom stereocenters. The predicted molar refractivity (Wildman–Crippen MR) is 78.9 cm³/mol. The number of hydrogen-bond donors (Lipinski definition) is 2. The van der Waals surface area contributed by atoms with Gasteiger partial charge in [-0.3, -0.25) is 0 Å².